The highest BCUT2D eigenvalue weighted by molar-refractivity contribution is 9.10. The fourth-order valence-corrected chi connectivity index (χ4v) is 1.42. The third-order valence-corrected chi connectivity index (χ3v) is 2.11. The van der Waals surface area contributed by atoms with Crippen molar-refractivity contribution in [1.82, 2.24) is 15.0 Å². The van der Waals surface area contributed by atoms with E-state index in [0.29, 0.717) is 0 Å². The molecule has 1 N–H and O–H groups in total. The van der Waals surface area contributed by atoms with Crippen LogP contribution in [0.15, 0.2) is 10.7 Å². The van der Waals surface area contributed by atoms with E-state index in [-0.39, 0.29) is 5.41 Å². The van der Waals surface area contributed by atoms with Crippen LogP contribution >= 0.6 is 15.9 Å². The lowest BCUT2D eigenvalue weighted by Gasteiger charge is -2.19. The van der Waals surface area contributed by atoms with Gasteiger partial charge in [-0.05, 0) is 15.9 Å². The van der Waals surface area contributed by atoms with E-state index in [4.69, 9.17) is 0 Å². The van der Waals surface area contributed by atoms with E-state index >= 15 is 0 Å². The average molecular weight is 273 g/mol. The van der Waals surface area contributed by atoms with Crippen LogP contribution in [0.1, 0.15) is 26.6 Å². The number of anilines is 1. The fraction of sp³-hybridized carbons (Fsp3) is 0.600. The van der Waals surface area contributed by atoms with Gasteiger partial charge in [0, 0.05) is 25.6 Å². The minimum absolute atomic E-state index is 0.0491. The quantitative estimate of drug-likeness (QED) is 0.663. The molecule has 0 atom stereocenters. The van der Waals surface area contributed by atoms with Crippen LogP contribution in [-0.4, -0.2) is 29.1 Å². The summed E-state index contributed by atoms with van der Waals surface area (Å²) < 4.78 is 0.798. The summed E-state index contributed by atoms with van der Waals surface area (Å²) in [6, 6.07) is 1.86. The Labute approximate surface area is 99.2 Å². The molecule has 84 valence electrons. The van der Waals surface area contributed by atoms with Gasteiger partial charge in [-0.15, -0.1) is 0 Å². The third kappa shape index (κ3) is 3.76. The molecule has 4 nitrogen and oxygen atoms in total. The van der Waals surface area contributed by atoms with Gasteiger partial charge in [-0.3, -0.25) is 0 Å². The van der Waals surface area contributed by atoms with E-state index in [0.717, 1.165) is 16.2 Å². The second kappa shape index (κ2) is 4.45. The Morgan fingerprint density at radius 2 is 1.87 bits per heavy atom. The molecule has 0 saturated heterocycles. The summed E-state index contributed by atoms with van der Waals surface area (Å²) in [6.45, 7) is 6.27. The zero-order valence-corrected chi connectivity index (χ0v) is 11.4. The first-order valence-electron chi connectivity index (χ1n) is 4.78. The van der Waals surface area contributed by atoms with Gasteiger partial charge in [0.1, 0.15) is 16.2 Å². The number of nitrogens with zero attached hydrogens (tertiary/aromatic N) is 3. The summed E-state index contributed by atoms with van der Waals surface area (Å²) >= 11 is 3.39. The summed E-state index contributed by atoms with van der Waals surface area (Å²) in [5, 5.41) is 1.85. The zero-order chi connectivity index (χ0) is 11.6. The lowest BCUT2D eigenvalue weighted by Crippen LogP contribution is -2.23. The number of halogens is 1. The minimum atomic E-state index is -0.0491. The van der Waals surface area contributed by atoms with E-state index in [9.17, 15) is 0 Å². The monoisotopic (exact) mass is 272 g/mol. The van der Waals surface area contributed by atoms with Crippen LogP contribution in [0.4, 0.5) is 5.82 Å². The maximum absolute atomic E-state index is 4.45. The Morgan fingerprint density at radius 1 is 1.27 bits per heavy atom. The summed E-state index contributed by atoms with van der Waals surface area (Å²) in [5.74, 6) is 1.62. The zero-order valence-electron chi connectivity index (χ0n) is 9.80. The minimum Gasteiger partial charge on any atom is -0.303 e. The van der Waals surface area contributed by atoms with Crippen molar-refractivity contribution in [2.75, 3.05) is 19.5 Å². The van der Waals surface area contributed by atoms with Crippen LogP contribution in [0.3, 0.4) is 0 Å². The Kier molecular flexibility index (Phi) is 3.67. The molecular weight excluding hydrogens is 256 g/mol. The Morgan fingerprint density at radius 3 is 2.33 bits per heavy atom. The molecule has 0 aromatic carbocycles. The second-order valence-corrected chi connectivity index (χ2v) is 5.47. The van der Waals surface area contributed by atoms with Crippen LogP contribution in [0.5, 0.6) is 0 Å². The van der Waals surface area contributed by atoms with E-state index < -0.39 is 0 Å². The van der Waals surface area contributed by atoms with Crippen LogP contribution in [0.2, 0.25) is 0 Å². The molecule has 15 heavy (non-hydrogen) atoms. The molecule has 1 aromatic rings. The van der Waals surface area contributed by atoms with Crippen LogP contribution in [-0.2, 0) is 5.41 Å². The van der Waals surface area contributed by atoms with E-state index in [2.05, 4.69) is 52.1 Å². The van der Waals surface area contributed by atoms with Crippen molar-refractivity contribution < 1.29 is 0 Å². The predicted octanol–water partition coefficient (Wildman–Crippen LogP) is 2.43. The first kappa shape index (κ1) is 12.4. The van der Waals surface area contributed by atoms with Gasteiger partial charge in [-0.1, -0.05) is 20.8 Å². The first-order valence-corrected chi connectivity index (χ1v) is 5.57. The Bertz CT molecular complexity index is 344. The number of nitrogens with one attached hydrogen (secondary N) is 1. The summed E-state index contributed by atoms with van der Waals surface area (Å²) in [5.41, 5.74) is 3.06. The molecule has 0 radical (unpaired) electrons. The number of hydrogen-bond donors (Lipinski definition) is 1. The molecule has 0 amide bonds. The van der Waals surface area contributed by atoms with Crippen molar-refractivity contribution in [3.63, 3.8) is 0 Å². The van der Waals surface area contributed by atoms with Gasteiger partial charge in [0.25, 0.3) is 0 Å². The third-order valence-electron chi connectivity index (χ3n) is 1.70. The van der Waals surface area contributed by atoms with E-state index in [1.807, 2.05) is 25.2 Å². The molecule has 0 fully saturated rings. The standard InChI is InChI=1S/C10H17BrN4/c1-10(2,3)9-12-7(11)6-8(13-9)14-15(4)5/h6H,1-5H3,(H,12,13,14). The predicted molar refractivity (Wildman–Crippen MR) is 65.7 cm³/mol. The number of rotatable bonds is 2. The molecule has 0 unspecified atom stereocenters. The second-order valence-electron chi connectivity index (χ2n) is 4.66. The van der Waals surface area contributed by atoms with Gasteiger partial charge >= 0.3 is 0 Å². The van der Waals surface area contributed by atoms with Crippen molar-refractivity contribution in [3.8, 4) is 0 Å². The van der Waals surface area contributed by atoms with Crippen molar-refractivity contribution in [1.29, 1.82) is 0 Å². The first-order chi connectivity index (χ1) is 6.79. The fourth-order valence-electron chi connectivity index (χ4n) is 1.04. The number of hydrazine groups is 1. The van der Waals surface area contributed by atoms with Crippen molar-refractivity contribution in [2.24, 2.45) is 0 Å². The number of hydrogen-bond acceptors (Lipinski definition) is 4. The molecule has 0 spiro atoms. The van der Waals surface area contributed by atoms with Crippen molar-refractivity contribution in [3.05, 3.63) is 16.5 Å². The highest BCUT2D eigenvalue weighted by atomic mass is 79.9. The van der Waals surface area contributed by atoms with Crippen LogP contribution in [0, 0.1) is 0 Å². The lowest BCUT2D eigenvalue weighted by atomic mass is 9.96. The largest absolute Gasteiger partial charge is 0.303 e. The maximum Gasteiger partial charge on any atom is 0.145 e. The lowest BCUT2D eigenvalue weighted by molar-refractivity contribution is 0.487. The molecule has 1 aromatic heterocycles. The molecule has 0 bridgehead atoms. The molecular formula is C10H17BrN4. The van der Waals surface area contributed by atoms with Gasteiger partial charge in [-0.25, -0.2) is 15.0 Å². The van der Waals surface area contributed by atoms with Gasteiger partial charge in [0.15, 0.2) is 0 Å². The van der Waals surface area contributed by atoms with E-state index in [1.165, 1.54) is 0 Å². The Hall–Kier alpha value is -0.680. The van der Waals surface area contributed by atoms with Crippen LogP contribution < -0.4 is 5.43 Å². The summed E-state index contributed by atoms with van der Waals surface area (Å²) in [6.07, 6.45) is 0. The average Bonchev–Trinajstić information content (AvgIpc) is 1.99. The van der Waals surface area contributed by atoms with Gasteiger partial charge in [0.2, 0.25) is 0 Å². The van der Waals surface area contributed by atoms with Crippen LogP contribution in [0.25, 0.3) is 0 Å². The van der Waals surface area contributed by atoms with Gasteiger partial charge < -0.3 is 5.43 Å². The highest BCUT2D eigenvalue weighted by Crippen LogP contribution is 2.22. The molecule has 0 aliphatic carbocycles. The molecule has 0 aliphatic rings. The van der Waals surface area contributed by atoms with Gasteiger partial charge in [0.05, 0.1) is 0 Å². The summed E-state index contributed by atoms with van der Waals surface area (Å²) in [7, 11) is 3.85. The Balaban J connectivity index is 3.06. The summed E-state index contributed by atoms with van der Waals surface area (Å²) in [4.78, 5) is 8.81. The molecule has 0 aliphatic heterocycles. The highest BCUT2D eigenvalue weighted by Gasteiger charge is 2.18. The maximum atomic E-state index is 4.45. The molecule has 0 saturated carbocycles. The van der Waals surface area contributed by atoms with E-state index in [1.54, 1.807) is 0 Å². The molecule has 1 rings (SSSR count). The number of aromatic nitrogens is 2. The van der Waals surface area contributed by atoms with Crippen molar-refractivity contribution >= 4 is 21.7 Å². The normalized spacial score (nSPS) is 11.9. The smallest absolute Gasteiger partial charge is 0.145 e. The van der Waals surface area contributed by atoms with Gasteiger partial charge in [-0.2, -0.15) is 0 Å². The topological polar surface area (TPSA) is 41.0 Å². The molecule has 5 heteroatoms. The van der Waals surface area contributed by atoms with Crippen molar-refractivity contribution in [2.45, 2.75) is 26.2 Å². The molecule has 1 heterocycles. The SMILES string of the molecule is CN(C)Nc1cc(Br)nc(C(C)(C)C)n1.